The maximum atomic E-state index is 5.89. The van der Waals surface area contributed by atoms with Crippen molar-refractivity contribution < 1.29 is 4.42 Å². The summed E-state index contributed by atoms with van der Waals surface area (Å²) in [6.07, 6.45) is 4.19. The number of nitrogens with zero attached hydrogens (tertiary/aromatic N) is 2. The Morgan fingerprint density at radius 1 is 1.37 bits per heavy atom. The first-order chi connectivity index (χ1) is 9.28. The molecule has 0 aromatic carbocycles. The molecule has 1 fully saturated rings. The average Bonchev–Trinajstić information content (AvgIpc) is 3.13. The lowest BCUT2D eigenvalue weighted by Gasteiger charge is -2.23. The second kappa shape index (κ2) is 5.25. The highest BCUT2D eigenvalue weighted by atomic mass is 35.5. The van der Waals surface area contributed by atoms with Gasteiger partial charge in [-0.25, -0.2) is 4.98 Å². The molecule has 0 unspecified atom stereocenters. The fourth-order valence-electron chi connectivity index (χ4n) is 2.23. The van der Waals surface area contributed by atoms with Crippen LogP contribution in [0, 0.1) is 6.92 Å². The van der Waals surface area contributed by atoms with Gasteiger partial charge >= 0.3 is 0 Å². The molecule has 1 aliphatic rings. The van der Waals surface area contributed by atoms with Crippen LogP contribution >= 0.6 is 11.6 Å². The molecule has 19 heavy (non-hydrogen) atoms. The maximum absolute atomic E-state index is 5.89. The largest absolute Gasteiger partial charge is 0.467 e. The molecule has 2 aromatic rings. The Labute approximate surface area is 118 Å². The van der Waals surface area contributed by atoms with E-state index in [0.29, 0.717) is 11.9 Å². The minimum atomic E-state index is 0.515. The smallest absolute Gasteiger partial charge is 0.129 e. The Kier molecular flexibility index (Phi) is 3.47. The first kappa shape index (κ1) is 12.5. The number of aryl methyl sites for hydroxylation is 1. The highest BCUT2D eigenvalue weighted by Gasteiger charge is 2.30. The summed E-state index contributed by atoms with van der Waals surface area (Å²) in [6.45, 7) is 2.80. The van der Waals surface area contributed by atoms with Crippen molar-refractivity contribution >= 4 is 17.4 Å². The van der Waals surface area contributed by atoms with Crippen molar-refractivity contribution in [2.75, 3.05) is 4.90 Å². The molecule has 1 aliphatic carbocycles. The first-order valence-corrected chi connectivity index (χ1v) is 7.13. The van der Waals surface area contributed by atoms with E-state index in [2.05, 4.69) is 22.0 Å². The fraction of sp³-hybridized carbons (Fsp3) is 0.400. The van der Waals surface area contributed by atoms with Crippen LogP contribution in [-0.2, 0) is 12.4 Å². The normalized spacial score (nSPS) is 14.6. The Morgan fingerprint density at radius 3 is 2.79 bits per heavy atom. The van der Waals surface area contributed by atoms with Gasteiger partial charge in [-0.05, 0) is 43.5 Å². The molecule has 3 nitrogen and oxygen atoms in total. The molecule has 3 rings (SSSR count). The van der Waals surface area contributed by atoms with Crippen molar-refractivity contribution in [1.29, 1.82) is 0 Å². The maximum Gasteiger partial charge on any atom is 0.129 e. The lowest BCUT2D eigenvalue weighted by molar-refractivity contribution is 0.500. The number of hydrogen-bond acceptors (Lipinski definition) is 3. The highest BCUT2D eigenvalue weighted by Crippen LogP contribution is 2.32. The Morgan fingerprint density at radius 2 is 2.21 bits per heavy atom. The van der Waals surface area contributed by atoms with Crippen LogP contribution < -0.4 is 4.90 Å². The van der Waals surface area contributed by atoms with Gasteiger partial charge in [0.2, 0.25) is 0 Å². The van der Waals surface area contributed by atoms with Crippen LogP contribution in [0.4, 0.5) is 5.82 Å². The van der Waals surface area contributed by atoms with Crippen LogP contribution in [0.25, 0.3) is 0 Å². The monoisotopic (exact) mass is 276 g/mol. The summed E-state index contributed by atoms with van der Waals surface area (Å²) >= 11 is 5.89. The summed E-state index contributed by atoms with van der Waals surface area (Å²) in [5.41, 5.74) is 2.11. The SMILES string of the molecule is Cc1nc(N(Cc2ccco2)C2CC2)ccc1CCl. The molecular formula is C15H17ClN2O. The van der Waals surface area contributed by atoms with E-state index in [1.54, 1.807) is 6.26 Å². The molecule has 0 bridgehead atoms. The van der Waals surface area contributed by atoms with Crippen molar-refractivity contribution in [2.24, 2.45) is 0 Å². The van der Waals surface area contributed by atoms with Gasteiger partial charge < -0.3 is 9.32 Å². The summed E-state index contributed by atoms with van der Waals surface area (Å²) < 4.78 is 5.45. The van der Waals surface area contributed by atoms with Crippen molar-refractivity contribution in [3.63, 3.8) is 0 Å². The molecule has 0 N–H and O–H groups in total. The highest BCUT2D eigenvalue weighted by molar-refractivity contribution is 6.17. The third-order valence-corrected chi connectivity index (χ3v) is 3.80. The minimum absolute atomic E-state index is 0.515. The zero-order valence-electron chi connectivity index (χ0n) is 11.0. The summed E-state index contributed by atoms with van der Waals surface area (Å²) in [5, 5.41) is 0. The van der Waals surface area contributed by atoms with Gasteiger partial charge in [0.1, 0.15) is 11.6 Å². The summed E-state index contributed by atoms with van der Waals surface area (Å²) in [7, 11) is 0. The molecule has 0 spiro atoms. The van der Waals surface area contributed by atoms with Crippen LogP contribution in [0.5, 0.6) is 0 Å². The van der Waals surface area contributed by atoms with E-state index in [9.17, 15) is 0 Å². The lowest BCUT2D eigenvalue weighted by atomic mass is 10.2. The van der Waals surface area contributed by atoms with Gasteiger partial charge in [-0.2, -0.15) is 0 Å². The predicted molar refractivity (Wildman–Crippen MR) is 76.4 cm³/mol. The molecule has 0 atom stereocenters. The third-order valence-electron chi connectivity index (χ3n) is 3.51. The van der Waals surface area contributed by atoms with E-state index in [-0.39, 0.29) is 0 Å². The van der Waals surface area contributed by atoms with E-state index in [1.165, 1.54) is 12.8 Å². The molecule has 0 aliphatic heterocycles. The topological polar surface area (TPSA) is 29.3 Å². The summed E-state index contributed by atoms with van der Waals surface area (Å²) in [4.78, 5) is 7.01. The first-order valence-electron chi connectivity index (χ1n) is 6.59. The number of hydrogen-bond donors (Lipinski definition) is 0. The molecule has 0 amide bonds. The number of anilines is 1. The number of pyridine rings is 1. The van der Waals surface area contributed by atoms with Crippen molar-refractivity contribution in [3.05, 3.63) is 47.5 Å². The number of aromatic nitrogens is 1. The van der Waals surface area contributed by atoms with Gasteiger partial charge in [0, 0.05) is 17.6 Å². The van der Waals surface area contributed by atoms with Gasteiger partial charge in [0.25, 0.3) is 0 Å². The van der Waals surface area contributed by atoms with Gasteiger partial charge in [-0.3, -0.25) is 0 Å². The zero-order chi connectivity index (χ0) is 13.2. The Bertz CT molecular complexity index is 549. The Hall–Kier alpha value is -1.48. The predicted octanol–water partition coefficient (Wildman–Crippen LogP) is 3.89. The molecular weight excluding hydrogens is 260 g/mol. The summed E-state index contributed by atoms with van der Waals surface area (Å²) in [5.74, 6) is 2.51. The van der Waals surface area contributed by atoms with Crippen LogP contribution in [0.15, 0.2) is 34.9 Å². The average molecular weight is 277 g/mol. The van der Waals surface area contributed by atoms with Crippen LogP contribution in [0.3, 0.4) is 0 Å². The Balaban J connectivity index is 1.85. The summed E-state index contributed by atoms with van der Waals surface area (Å²) in [6, 6.07) is 8.66. The van der Waals surface area contributed by atoms with E-state index >= 15 is 0 Å². The van der Waals surface area contributed by atoms with Gasteiger partial charge in [0.05, 0.1) is 12.8 Å². The number of halogens is 1. The fourth-order valence-corrected chi connectivity index (χ4v) is 2.51. The molecule has 4 heteroatoms. The standard InChI is InChI=1S/C15H17ClN2O/c1-11-12(9-16)4-7-15(17-11)18(13-5-6-13)10-14-3-2-8-19-14/h2-4,7-8,13H,5-6,9-10H2,1H3. The zero-order valence-corrected chi connectivity index (χ0v) is 11.7. The quantitative estimate of drug-likeness (QED) is 0.776. The second-order valence-corrected chi connectivity index (χ2v) is 5.25. The molecule has 2 aromatic heterocycles. The minimum Gasteiger partial charge on any atom is -0.467 e. The van der Waals surface area contributed by atoms with Crippen molar-refractivity contribution in [1.82, 2.24) is 4.98 Å². The van der Waals surface area contributed by atoms with Crippen LogP contribution in [0.2, 0.25) is 0 Å². The van der Waals surface area contributed by atoms with E-state index < -0.39 is 0 Å². The third kappa shape index (κ3) is 2.76. The number of furan rings is 1. The lowest BCUT2D eigenvalue weighted by Crippen LogP contribution is -2.26. The van der Waals surface area contributed by atoms with Crippen LogP contribution in [-0.4, -0.2) is 11.0 Å². The van der Waals surface area contributed by atoms with Crippen LogP contribution in [0.1, 0.15) is 29.9 Å². The number of rotatable bonds is 5. The number of alkyl halides is 1. The van der Waals surface area contributed by atoms with Gasteiger partial charge in [-0.15, -0.1) is 11.6 Å². The van der Waals surface area contributed by atoms with Gasteiger partial charge in [-0.1, -0.05) is 6.07 Å². The van der Waals surface area contributed by atoms with Crippen molar-refractivity contribution in [2.45, 2.75) is 38.2 Å². The molecule has 0 radical (unpaired) electrons. The van der Waals surface area contributed by atoms with E-state index in [4.69, 9.17) is 16.0 Å². The van der Waals surface area contributed by atoms with E-state index in [1.807, 2.05) is 19.1 Å². The van der Waals surface area contributed by atoms with E-state index in [0.717, 1.165) is 29.4 Å². The van der Waals surface area contributed by atoms with Crippen molar-refractivity contribution in [3.8, 4) is 0 Å². The molecule has 100 valence electrons. The second-order valence-electron chi connectivity index (χ2n) is 4.99. The molecule has 0 saturated heterocycles. The van der Waals surface area contributed by atoms with Gasteiger partial charge in [0.15, 0.2) is 0 Å². The molecule has 2 heterocycles. The molecule has 1 saturated carbocycles.